The van der Waals surface area contributed by atoms with Crippen LogP contribution in [0.5, 0.6) is 0 Å². The van der Waals surface area contributed by atoms with Crippen molar-refractivity contribution >= 4 is 18.0 Å². The van der Waals surface area contributed by atoms with E-state index in [2.05, 4.69) is 11.8 Å². The van der Waals surface area contributed by atoms with Crippen LogP contribution in [-0.2, 0) is 14.3 Å². The molecule has 1 N–H and O–H groups in total. The first-order chi connectivity index (χ1) is 12.1. The van der Waals surface area contributed by atoms with Crippen molar-refractivity contribution in [2.45, 2.75) is 31.5 Å². The Morgan fingerprint density at radius 2 is 1.96 bits per heavy atom. The summed E-state index contributed by atoms with van der Waals surface area (Å²) >= 11 is 0. The van der Waals surface area contributed by atoms with Gasteiger partial charge >= 0.3 is 5.97 Å². The van der Waals surface area contributed by atoms with Crippen molar-refractivity contribution in [3.8, 4) is 0 Å². The summed E-state index contributed by atoms with van der Waals surface area (Å²) in [6, 6.07) is 8.56. The first-order valence-corrected chi connectivity index (χ1v) is 8.71. The lowest BCUT2D eigenvalue weighted by molar-refractivity contribution is -0.161. The number of aliphatic carboxylic acids is 1. The first-order valence-electron chi connectivity index (χ1n) is 8.71. The van der Waals surface area contributed by atoms with Gasteiger partial charge in [-0.05, 0) is 18.2 Å². The number of carboxylic acids is 1. The summed E-state index contributed by atoms with van der Waals surface area (Å²) in [6.07, 6.45) is 4.44. The van der Waals surface area contributed by atoms with E-state index in [1.165, 1.54) is 11.0 Å². The molecule has 6 nitrogen and oxygen atoms in total. The average Bonchev–Trinajstić information content (AvgIpc) is 3.00. The second-order valence-electron chi connectivity index (χ2n) is 6.50. The van der Waals surface area contributed by atoms with Crippen LogP contribution in [0.2, 0.25) is 0 Å². The number of benzene rings is 1. The Labute approximate surface area is 147 Å². The monoisotopic (exact) mass is 344 g/mol. The lowest BCUT2D eigenvalue weighted by Crippen LogP contribution is -2.57. The molecule has 1 aromatic rings. The van der Waals surface area contributed by atoms with E-state index >= 15 is 0 Å². The highest BCUT2D eigenvalue weighted by Gasteiger charge is 2.53. The number of piperidine rings is 1. The van der Waals surface area contributed by atoms with Gasteiger partial charge in [0.05, 0.1) is 6.61 Å². The molecule has 0 unspecified atom stereocenters. The number of likely N-dealkylation sites (tertiary alicyclic amines) is 1. The van der Waals surface area contributed by atoms with Crippen molar-refractivity contribution in [3.05, 3.63) is 42.0 Å². The second kappa shape index (κ2) is 7.37. The maximum atomic E-state index is 12.8. The summed E-state index contributed by atoms with van der Waals surface area (Å²) in [5.41, 5.74) is 0.102. The predicted octanol–water partition coefficient (Wildman–Crippen LogP) is 1.82. The normalized spacial score (nSPS) is 23.4. The number of carbonyl (C=O) groups excluding carboxylic acids is 1. The molecule has 134 valence electrons. The van der Waals surface area contributed by atoms with Gasteiger partial charge in [-0.2, -0.15) is 0 Å². The second-order valence-corrected chi connectivity index (χ2v) is 6.50. The third kappa shape index (κ3) is 3.60. The minimum atomic E-state index is -1.02. The number of nitrogens with zero attached hydrogens (tertiary/aromatic N) is 2. The van der Waals surface area contributed by atoms with Crippen LogP contribution in [0.4, 0.5) is 0 Å². The highest BCUT2D eigenvalue weighted by molar-refractivity contribution is 5.95. The smallest absolute Gasteiger partial charge is 0.328 e. The Morgan fingerprint density at radius 1 is 1.28 bits per heavy atom. The van der Waals surface area contributed by atoms with Crippen molar-refractivity contribution in [2.24, 2.45) is 0 Å². The quantitative estimate of drug-likeness (QED) is 0.844. The molecule has 0 aromatic heterocycles. The van der Waals surface area contributed by atoms with E-state index in [0.29, 0.717) is 12.8 Å². The van der Waals surface area contributed by atoms with Gasteiger partial charge in [0, 0.05) is 32.0 Å². The molecule has 1 spiro atoms. The molecule has 1 aromatic carbocycles. The molecule has 0 bridgehead atoms. The molecule has 0 radical (unpaired) electrons. The van der Waals surface area contributed by atoms with E-state index in [0.717, 1.165) is 25.2 Å². The molecule has 0 aliphatic carbocycles. The van der Waals surface area contributed by atoms with Gasteiger partial charge in [-0.15, -0.1) is 0 Å². The molecule has 2 aliphatic heterocycles. The van der Waals surface area contributed by atoms with Gasteiger partial charge in [0.15, 0.2) is 6.04 Å². The van der Waals surface area contributed by atoms with Crippen LogP contribution in [-0.4, -0.2) is 64.8 Å². The number of amides is 1. The fourth-order valence-corrected chi connectivity index (χ4v) is 3.61. The molecule has 1 atom stereocenters. The Kier molecular flexibility index (Phi) is 5.20. The topological polar surface area (TPSA) is 70.1 Å². The van der Waals surface area contributed by atoms with Gasteiger partial charge in [0.25, 0.3) is 0 Å². The minimum Gasteiger partial charge on any atom is -0.480 e. The summed E-state index contributed by atoms with van der Waals surface area (Å²) < 4.78 is 5.90. The Balaban J connectivity index is 1.81. The number of hydrogen-bond donors (Lipinski definition) is 1. The van der Waals surface area contributed by atoms with Crippen molar-refractivity contribution < 1.29 is 19.4 Å². The zero-order valence-electron chi connectivity index (χ0n) is 14.4. The summed E-state index contributed by atoms with van der Waals surface area (Å²) in [5.74, 6) is -1.32. The molecule has 3 rings (SSSR count). The van der Waals surface area contributed by atoms with Crippen LogP contribution < -0.4 is 0 Å². The van der Waals surface area contributed by atoms with Gasteiger partial charge in [-0.25, -0.2) is 4.79 Å². The molecule has 2 fully saturated rings. The summed E-state index contributed by atoms with van der Waals surface area (Å²) in [7, 11) is 0. The van der Waals surface area contributed by atoms with Crippen LogP contribution in [0.3, 0.4) is 0 Å². The van der Waals surface area contributed by atoms with E-state index in [9.17, 15) is 14.7 Å². The number of rotatable bonds is 4. The summed E-state index contributed by atoms with van der Waals surface area (Å²) in [6.45, 7) is 4.69. The van der Waals surface area contributed by atoms with Gasteiger partial charge < -0.3 is 14.7 Å². The highest BCUT2D eigenvalue weighted by Crippen LogP contribution is 2.37. The molecule has 0 saturated carbocycles. The lowest BCUT2D eigenvalue weighted by atomic mass is 9.97. The average molecular weight is 344 g/mol. The largest absolute Gasteiger partial charge is 0.480 e. The molecular weight excluding hydrogens is 320 g/mol. The number of carboxylic acid groups (broad SMARTS) is 1. The Hall–Kier alpha value is -2.18. The van der Waals surface area contributed by atoms with Crippen molar-refractivity contribution in [1.82, 2.24) is 9.80 Å². The van der Waals surface area contributed by atoms with Crippen LogP contribution in [0.1, 0.15) is 25.3 Å². The SMILES string of the molecule is CCN1CCC2(CC1)OC[C@H](C(=O)O)N2C(=O)/C=C\c1ccccc1. The molecule has 1 amide bonds. The number of ether oxygens (including phenoxy) is 1. The van der Waals surface area contributed by atoms with Crippen molar-refractivity contribution in [3.63, 3.8) is 0 Å². The molecule has 2 heterocycles. The van der Waals surface area contributed by atoms with Crippen LogP contribution >= 0.6 is 0 Å². The fourth-order valence-electron chi connectivity index (χ4n) is 3.61. The first kappa shape index (κ1) is 17.6. The fraction of sp³-hybridized carbons (Fsp3) is 0.474. The van der Waals surface area contributed by atoms with E-state index in [-0.39, 0.29) is 12.5 Å². The third-order valence-corrected chi connectivity index (χ3v) is 5.09. The summed E-state index contributed by atoms with van der Waals surface area (Å²) in [5, 5.41) is 9.52. The van der Waals surface area contributed by atoms with Crippen molar-refractivity contribution in [2.75, 3.05) is 26.2 Å². The van der Waals surface area contributed by atoms with Gasteiger partial charge in [-0.3, -0.25) is 9.69 Å². The van der Waals surface area contributed by atoms with E-state index in [1.54, 1.807) is 6.08 Å². The van der Waals surface area contributed by atoms with Crippen LogP contribution in [0.15, 0.2) is 36.4 Å². The zero-order chi connectivity index (χ0) is 17.9. The summed E-state index contributed by atoms with van der Waals surface area (Å²) in [4.78, 5) is 28.2. The lowest BCUT2D eigenvalue weighted by Gasteiger charge is -2.43. The maximum Gasteiger partial charge on any atom is 0.328 e. The van der Waals surface area contributed by atoms with Crippen molar-refractivity contribution in [1.29, 1.82) is 0 Å². The van der Waals surface area contributed by atoms with Crippen LogP contribution in [0, 0.1) is 0 Å². The molecular formula is C19H24N2O4. The van der Waals surface area contributed by atoms with E-state index < -0.39 is 17.7 Å². The van der Waals surface area contributed by atoms with Gasteiger partial charge in [0.2, 0.25) is 5.91 Å². The van der Waals surface area contributed by atoms with Gasteiger partial charge in [-0.1, -0.05) is 37.3 Å². The van der Waals surface area contributed by atoms with Gasteiger partial charge in [0.1, 0.15) is 5.72 Å². The number of carbonyl (C=O) groups is 2. The minimum absolute atomic E-state index is 0.0480. The maximum absolute atomic E-state index is 12.8. The number of hydrogen-bond acceptors (Lipinski definition) is 4. The Morgan fingerprint density at radius 3 is 2.56 bits per heavy atom. The van der Waals surface area contributed by atoms with Crippen LogP contribution in [0.25, 0.3) is 6.08 Å². The zero-order valence-corrected chi connectivity index (χ0v) is 14.4. The highest BCUT2D eigenvalue weighted by atomic mass is 16.5. The molecule has 25 heavy (non-hydrogen) atoms. The van der Waals surface area contributed by atoms with E-state index in [1.807, 2.05) is 30.3 Å². The molecule has 6 heteroatoms. The standard InChI is InChI=1S/C19H24N2O4/c1-2-20-12-10-19(11-13-20)21(16(14-25-19)18(23)24)17(22)9-8-15-6-4-3-5-7-15/h3-9,16H,2,10-14H2,1H3,(H,23,24)/b9-8-/t16-/m1/s1. The molecule has 2 aliphatic rings. The third-order valence-electron chi connectivity index (χ3n) is 5.09. The predicted molar refractivity (Wildman–Crippen MR) is 93.8 cm³/mol. The van der Waals surface area contributed by atoms with E-state index in [4.69, 9.17) is 4.74 Å². The Bertz CT molecular complexity index is 651. The molecule has 2 saturated heterocycles.